The molecular weight excluding hydrogens is 302 g/mol. The summed E-state index contributed by atoms with van der Waals surface area (Å²) in [7, 11) is -2.05. The first-order chi connectivity index (χ1) is 9.36. The standard InChI is InChI=1S/C12H14ClN3O3S/c1-16-8-9(7-15-16)4-5-19-11-3-2-10(13)6-12(11)20(14,17)18/h2-3,6-8H,4-5H2,1H3,(H2,14,17,18). The van der Waals surface area contributed by atoms with Gasteiger partial charge in [-0.25, -0.2) is 13.6 Å². The molecule has 0 aliphatic carbocycles. The van der Waals surface area contributed by atoms with Crippen molar-refractivity contribution in [2.75, 3.05) is 6.61 Å². The van der Waals surface area contributed by atoms with E-state index in [4.69, 9.17) is 21.5 Å². The van der Waals surface area contributed by atoms with Gasteiger partial charge in [-0.05, 0) is 23.8 Å². The zero-order valence-corrected chi connectivity index (χ0v) is 12.4. The molecule has 108 valence electrons. The van der Waals surface area contributed by atoms with Gasteiger partial charge in [0.05, 0.1) is 12.8 Å². The van der Waals surface area contributed by atoms with Crippen LogP contribution in [0.15, 0.2) is 35.5 Å². The van der Waals surface area contributed by atoms with E-state index < -0.39 is 10.0 Å². The van der Waals surface area contributed by atoms with Gasteiger partial charge in [0.25, 0.3) is 0 Å². The molecule has 6 nitrogen and oxygen atoms in total. The van der Waals surface area contributed by atoms with Crippen molar-refractivity contribution in [3.05, 3.63) is 41.2 Å². The Kier molecular flexibility index (Phi) is 4.32. The van der Waals surface area contributed by atoms with E-state index in [1.165, 1.54) is 12.1 Å². The number of ether oxygens (including phenoxy) is 1. The predicted octanol–water partition coefficient (Wildman–Crippen LogP) is 1.34. The van der Waals surface area contributed by atoms with Crippen molar-refractivity contribution < 1.29 is 13.2 Å². The zero-order valence-electron chi connectivity index (χ0n) is 10.8. The van der Waals surface area contributed by atoms with Crippen molar-refractivity contribution >= 4 is 21.6 Å². The molecule has 0 spiro atoms. The summed E-state index contributed by atoms with van der Waals surface area (Å²) in [6.45, 7) is 0.315. The van der Waals surface area contributed by atoms with Crippen molar-refractivity contribution in [1.29, 1.82) is 0 Å². The number of primary sulfonamides is 1. The molecule has 0 fully saturated rings. The smallest absolute Gasteiger partial charge is 0.241 e. The molecule has 0 bridgehead atoms. The third kappa shape index (κ3) is 3.72. The molecule has 1 aromatic carbocycles. The average Bonchev–Trinajstić information content (AvgIpc) is 2.76. The Morgan fingerprint density at radius 1 is 1.45 bits per heavy atom. The molecule has 1 heterocycles. The van der Waals surface area contributed by atoms with E-state index in [-0.39, 0.29) is 15.7 Å². The second-order valence-corrected chi connectivity index (χ2v) is 6.22. The third-order valence-corrected chi connectivity index (χ3v) is 3.79. The van der Waals surface area contributed by atoms with E-state index in [2.05, 4.69) is 5.10 Å². The minimum Gasteiger partial charge on any atom is -0.492 e. The first-order valence-corrected chi connectivity index (χ1v) is 7.71. The van der Waals surface area contributed by atoms with Crippen molar-refractivity contribution in [2.45, 2.75) is 11.3 Å². The first-order valence-electron chi connectivity index (χ1n) is 5.79. The Morgan fingerprint density at radius 3 is 2.80 bits per heavy atom. The molecule has 8 heteroatoms. The number of hydrogen-bond acceptors (Lipinski definition) is 4. The molecule has 2 N–H and O–H groups in total. The van der Waals surface area contributed by atoms with E-state index in [9.17, 15) is 8.42 Å². The largest absolute Gasteiger partial charge is 0.492 e. The van der Waals surface area contributed by atoms with Gasteiger partial charge in [-0.15, -0.1) is 0 Å². The molecule has 1 aromatic heterocycles. The molecule has 0 saturated carbocycles. The van der Waals surface area contributed by atoms with Crippen LogP contribution in [-0.2, 0) is 23.5 Å². The molecule has 0 atom stereocenters. The van der Waals surface area contributed by atoms with Gasteiger partial charge in [0.1, 0.15) is 10.6 Å². The lowest BCUT2D eigenvalue weighted by Crippen LogP contribution is -2.14. The maximum absolute atomic E-state index is 11.5. The third-order valence-electron chi connectivity index (χ3n) is 2.62. The molecule has 0 radical (unpaired) electrons. The second kappa shape index (κ2) is 5.82. The maximum Gasteiger partial charge on any atom is 0.241 e. The summed E-state index contributed by atoms with van der Waals surface area (Å²) in [5.74, 6) is 0.195. The molecule has 0 unspecified atom stereocenters. The minimum absolute atomic E-state index is 0.115. The summed E-state index contributed by atoms with van der Waals surface area (Å²) in [6.07, 6.45) is 4.21. The molecule has 2 rings (SSSR count). The topological polar surface area (TPSA) is 87.2 Å². The Labute approximate surface area is 122 Å². The van der Waals surface area contributed by atoms with Gasteiger partial charge in [0.15, 0.2) is 0 Å². The maximum atomic E-state index is 11.5. The second-order valence-electron chi connectivity index (χ2n) is 4.26. The fourth-order valence-electron chi connectivity index (χ4n) is 1.70. The van der Waals surface area contributed by atoms with Crippen LogP contribution in [0.4, 0.5) is 0 Å². The lowest BCUT2D eigenvalue weighted by molar-refractivity contribution is 0.313. The number of halogens is 1. The van der Waals surface area contributed by atoms with Crippen LogP contribution in [0.5, 0.6) is 5.75 Å². The van der Waals surface area contributed by atoms with Crippen LogP contribution in [-0.4, -0.2) is 24.8 Å². The fraction of sp³-hybridized carbons (Fsp3) is 0.250. The minimum atomic E-state index is -3.87. The number of nitrogens with zero attached hydrogens (tertiary/aromatic N) is 2. The van der Waals surface area contributed by atoms with E-state index in [0.29, 0.717) is 13.0 Å². The Morgan fingerprint density at radius 2 is 2.20 bits per heavy atom. The number of aromatic nitrogens is 2. The van der Waals surface area contributed by atoms with E-state index in [1.54, 1.807) is 16.9 Å². The van der Waals surface area contributed by atoms with E-state index in [1.807, 2.05) is 13.2 Å². The lowest BCUT2D eigenvalue weighted by Gasteiger charge is -2.10. The number of nitrogens with two attached hydrogens (primary N) is 1. The zero-order chi connectivity index (χ0) is 14.8. The van der Waals surface area contributed by atoms with E-state index >= 15 is 0 Å². The average molecular weight is 316 g/mol. The summed E-state index contributed by atoms with van der Waals surface area (Å²) >= 11 is 5.77. The molecule has 0 saturated heterocycles. The molecule has 0 aliphatic rings. The van der Waals surface area contributed by atoms with Crippen LogP contribution < -0.4 is 9.88 Å². The van der Waals surface area contributed by atoms with Crippen molar-refractivity contribution in [2.24, 2.45) is 12.2 Å². The van der Waals surface area contributed by atoms with Crippen LogP contribution in [0.3, 0.4) is 0 Å². The van der Waals surface area contributed by atoms with Gasteiger partial charge in [-0.2, -0.15) is 5.10 Å². The van der Waals surface area contributed by atoms with Gasteiger partial charge in [0, 0.05) is 24.7 Å². The molecule has 0 amide bonds. The van der Waals surface area contributed by atoms with Crippen LogP contribution in [0.2, 0.25) is 5.02 Å². The summed E-state index contributed by atoms with van der Waals surface area (Å²) in [5.41, 5.74) is 0.999. The van der Waals surface area contributed by atoms with Crippen molar-refractivity contribution in [3.63, 3.8) is 0 Å². The fourth-order valence-corrected chi connectivity index (χ4v) is 2.64. The SMILES string of the molecule is Cn1cc(CCOc2ccc(Cl)cc2S(N)(=O)=O)cn1. The highest BCUT2D eigenvalue weighted by atomic mass is 35.5. The predicted molar refractivity (Wildman–Crippen MR) is 75.2 cm³/mol. The highest BCUT2D eigenvalue weighted by molar-refractivity contribution is 7.89. The number of aryl methyl sites for hydroxylation is 1. The van der Waals surface area contributed by atoms with Crippen LogP contribution in [0.1, 0.15) is 5.56 Å². The summed E-state index contributed by atoms with van der Waals surface area (Å²) < 4.78 is 30.1. The van der Waals surface area contributed by atoms with Crippen LogP contribution in [0, 0.1) is 0 Å². The Bertz CT molecular complexity index is 712. The van der Waals surface area contributed by atoms with Gasteiger partial charge < -0.3 is 4.74 Å². The van der Waals surface area contributed by atoms with Crippen LogP contribution >= 0.6 is 11.6 Å². The molecule has 20 heavy (non-hydrogen) atoms. The molecular formula is C12H14ClN3O3S. The van der Waals surface area contributed by atoms with Crippen molar-refractivity contribution in [1.82, 2.24) is 9.78 Å². The number of benzene rings is 1. The highest BCUT2D eigenvalue weighted by Crippen LogP contribution is 2.26. The lowest BCUT2D eigenvalue weighted by atomic mass is 10.3. The summed E-state index contributed by atoms with van der Waals surface area (Å²) in [5, 5.41) is 9.46. The number of sulfonamides is 1. The Hall–Kier alpha value is -1.57. The van der Waals surface area contributed by atoms with Gasteiger partial charge in [-0.3, -0.25) is 4.68 Å². The first kappa shape index (κ1) is 14.8. The van der Waals surface area contributed by atoms with Gasteiger partial charge >= 0.3 is 0 Å². The normalized spacial score (nSPS) is 11.6. The molecule has 2 aromatic rings. The monoisotopic (exact) mass is 315 g/mol. The van der Waals surface area contributed by atoms with Crippen LogP contribution in [0.25, 0.3) is 0 Å². The van der Waals surface area contributed by atoms with Gasteiger partial charge in [-0.1, -0.05) is 11.6 Å². The van der Waals surface area contributed by atoms with E-state index in [0.717, 1.165) is 5.56 Å². The molecule has 0 aliphatic heterocycles. The number of hydrogen-bond donors (Lipinski definition) is 1. The van der Waals surface area contributed by atoms with Gasteiger partial charge in [0.2, 0.25) is 10.0 Å². The highest BCUT2D eigenvalue weighted by Gasteiger charge is 2.15. The van der Waals surface area contributed by atoms with Crippen molar-refractivity contribution in [3.8, 4) is 5.75 Å². The summed E-state index contributed by atoms with van der Waals surface area (Å²) in [4.78, 5) is -0.115. The Balaban J connectivity index is 2.10. The summed E-state index contributed by atoms with van der Waals surface area (Å²) in [6, 6.07) is 4.32. The quantitative estimate of drug-likeness (QED) is 0.902. The number of rotatable bonds is 5.